The number of amides is 2. The van der Waals surface area contributed by atoms with Crippen LogP contribution in [0.1, 0.15) is 39.0 Å². The molecule has 2 fully saturated rings. The second-order valence-corrected chi connectivity index (χ2v) is 6.10. The maximum Gasteiger partial charge on any atom is 0.306 e. The number of hydrogen-bond donors (Lipinski definition) is 2. The van der Waals surface area contributed by atoms with Crippen molar-refractivity contribution in [3.63, 3.8) is 0 Å². The average molecular weight is 312 g/mol. The fourth-order valence-corrected chi connectivity index (χ4v) is 3.33. The standard InChI is InChI=1S/C15H24N2O5/c1-10(18)16-14(11-4-2-3-5-11)15(21)17-6-7-22-12(9-17)8-13(19)20/h11-12,14H,2-9H2,1H3,(H,16,18)(H,19,20). The van der Waals surface area contributed by atoms with Crippen LogP contribution in [0.4, 0.5) is 0 Å². The van der Waals surface area contributed by atoms with Crippen LogP contribution in [0.15, 0.2) is 0 Å². The predicted molar refractivity (Wildman–Crippen MR) is 78.1 cm³/mol. The first kappa shape index (κ1) is 16.7. The number of carboxylic acid groups (broad SMARTS) is 1. The minimum atomic E-state index is -0.937. The Morgan fingerprint density at radius 2 is 2.00 bits per heavy atom. The van der Waals surface area contributed by atoms with Crippen molar-refractivity contribution in [2.75, 3.05) is 19.7 Å². The van der Waals surface area contributed by atoms with Crippen molar-refractivity contribution in [3.8, 4) is 0 Å². The molecule has 1 heterocycles. The number of morpholine rings is 1. The number of hydrogen-bond acceptors (Lipinski definition) is 4. The Bertz CT molecular complexity index is 434. The third-order valence-electron chi connectivity index (χ3n) is 4.35. The van der Waals surface area contributed by atoms with Gasteiger partial charge in [0.05, 0.1) is 19.1 Å². The van der Waals surface area contributed by atoms with Crippen LogP contribution in [0, 0.1) is 5.92 Å². The van der Waals surface area contributed by atoms with Crippen molar-refractivity contribution in [1.29, 1.82) is 0 Å². The first-order valence-corrected chi connectivity index (χ1v) is 7.86. The van der Waals surface area contributed by atoms with E-state index in [4.69, 9.17) is 9.84 Å². The number of carbonyl (C=O) groups excluding carboxylic acids is 2. The molecule has 2 unspecified atom stereocenters. The molecule has 0 aromatic heterocycles. The zero-order valence-electron chi connectivity index (χ0n) is 12.9. The van der Waals surface area contributed by atoms with Gasteiger partial charge < -0.3 is 20.1 Å². The van der Waals surface area contributed by atoms with E-state index in [0.29, 0.717) is 13.2 Å². The van der Waals surface area contributed by atoms with Gasteiger partial charge in [0.1, 0.15) is 6.04 Å². The summed E-state index contributed by atoms with van der Waals surface area (Å²) >= 11 is 0. The normalized spacial score (nSPS) is 24.0. The smallest absolute Gasteiger partial charge is 0.306 e. The van der Waals surface area contributed by atoms with E-state index in [9.17, 15) is 14.4 Å². The average Bonchev–Trinajstić information content (AvgIpc) is 2.97. The second kappa shape index (κ2) is 7.58. The van der Waals surface area contributed by atoms with Gasteiger partial charge in [-0.05, 0) is 18.8 Å². The van der Waals surface area contributed by atoms with Crippen LogP contribution in [0.25, 0.3) is 0 Å². The van der Waals surface area contributed by atoms with Crippen molar-refractivity contribution in [2.24, 2.45) is 5.92 Å². The topological polar surface area (TPSA) is 95.9 Å². The molecule has 7 heteroatoms. The van der Waals surface area contributed by atoms with Gasteiger partial charge in [0, 0.05) is 20.0 Å². The number of carbonyl (C=O) groups is 3. The van der Waals surface area contributed by atoms with E-state index in [2.05, 4.69) is 5.32 Å². The van der Waals surface area contributed by atoms with Crippen molar-refractivity contribution in [3.05, 3.63) is 0 Å². The Hall–Kier alpha value is -1.63. The summed E-state index contributed by atoms with van der Waals surface area (Å²) in [5.74, 6) is -1.08. The highest BCUT2D eigenvalue weighted by Crippen LogP contribution is 2.29. The number of rotatable bonds is 5. The molecule has 22 heavy (non-hydrogen) atoms. The van der Waals surface area contributed by atoms with Crippen LogP contribution in [0.2, 0.25) is 0 Å². The molecule has 1 aliphatic carbocycles. The fraction of sp³-hybridized carbons (Fsp3) is 0.800. The highest BCUT2D eigenvalue weighted by Gasteiger charge is 2.36. The third kappa shape index (κ3) is 4.43. The Morgan fingerprint density at radius 1 is 1.32 bits per heavy atom. The van der Waals surface area contributed by atoms with Gasteiger partial charge in [0.25, 0.3) is 0 Å². The van der Waals surface area contributed by atoms with Crippen LogP contribution in [0.5, 0.6) is 0 Å². The maximum atomic E-state index is 12.8. The van der Waals surface area contributed by atoms with E-state index in [1.165, 1.54) is 6.92 Å². The summed E-state index contributed by atoms with van der Waals surface area (Å²) < 4.78 is 5.39. The van der Waals surface area contributed by atoms with Gasteiger partial charge in [-0.2, -0.15) is 0 Å². The van der Waals surface area contributed by atoms with Crippen molar-refractivity contribution in [2.45, 2.75) is 51.2 Å². The molecule has 0 aromatic rings. The quantitative estimate of drug-likeness (QED) is 0.765. The summed E-state index contributed by atoms with van der Waals surface area (Å²) in [6, 6.07) is -0.497. The van der Waals surface area contributed by atoms with E-state index in [1.54, 1.807) is 4.90 Å². The molecule has 0 radical (unpaired) electrons. The number of ether oxygens (including phenoxy) is 1. The van der Waals surface area contributed by atoms with Gasteiger partial charge in [0.15, 0.2) is 0 Å². The minimum Gasteiger partial charge on any atom is -0.481 e. The van der Waals surface area contributed by atoms with E-state index in [-0.39, 0.29) is 30.7 Å². The van der Waals surface area contributed by atoms with Crippen LogP contribution < -0.4 is 5.32 Å². The molecule has 2 N–H and O–H groups in total. The molecule has 1 saturated carbocycles. The molecule has 7 nitrogen and oxygen atoms in total. The number of aliphatic carboxylic acids is 1. The Balaban J connectivity index is 2.01. The number of nitrogens with zero attached hydrogens (tertiary/aromatic N) is 1. The highest BCUT2D eigenvalue weighted by atomic mass is 16.5. The van der Waals surface area contributed by atoms with Crippen molar-refractivity contribution < 1.29 is 24.2 Å². The summed E-state index contributed by atoms with van der Waals surface area (Å²) in [7, 11) is 0. The monoisotopic (exact) mass is 312 g/mol. The third-order valence-corrected chi connectivity index (χ3v) is 4.35. The zero-order valence-corrected chi connectivity index (χ0v) is 12.9. The van der Waals surface area contributed by atoms with E-state index < -0.39 is 18.1 Å². The summed E-state index contributed by atoms with van der Waals surface area (Å²) in [4.78, 5) is 36.6. The summed E-state index contributed by atoms with van der Waals surface area (Å²) in [6.07, 6.45) is 3.46. The van der Waals surface area contributed by atoms with Gasteiger partial charge in [0.2, 0.25) is 11.8 Å². The lowest BCUT2D eigenvalue weighted by Gasteiger charge is -2.36. The summed E-state index contributed by atoms with van der Waals surface area (Å²) in [6.45, 7) is 2.47. The van der Waals surface area contributed by atoms with Gasteiger partial charge >= 0.3 is 5.97 Å². The van der Waals surface area contributed by atoms with Crippen LogP contribution in [-0.4, -0.2) is 59.6 Å². The highest BCUT2D eigenvalue weighted by molar-refractivity contribution is 5.87. The van der Waals surface area contributed by atoms with Crippen LogP contribution >= 0.6 is 0 Å². The van der Waals surface area contributed by atoms with Gasteiger partial charge in [-0.25, -0.2) is 0 Å². The molecule has 2 amide bonds. The first-order valence-electron chi connectivity index (χ1n) is 7.86. The van der Waals surface area contributed by atoms with E-state index in [0.717, 1.165) is 25.7 Å². The molecular formula is C15H24N2O5. The lowest BCUT2D eigenvalue weighted by atomic mass is 9.96. The summed E-state index contributed by atoms with van der Waals surface area (Å²) in [5, 5.41) is 11.6. The van der Waals surface area contributed by atoms with Crippen molar-refractivity contribution in [1.82, 2.24) is 10.2 Å². The van der Waals surface area contributed by atoms with Gasteiger partial charge in [-0.15, -0.1) is 0 Å². The van der Waals surface area contributed by atoms with E-state index >= 15 is 0 Å². The SMILES string of the molecule is CC(=O)NC(C(=O)N1CCOC(CC(=O)O)C1)C1CCCC1. The van der Waals surface area contributed by atoms with Gasteiger partial charge in [-0.1, -0.05) is 12.8 Å². The molecule has 0 bridgehead atoms. The lowest BCUT2D eigenvalue weighted by Crippen LogP contribution is -2.55. The van der Waals surface area contributed by atoms with E-state index in [1.807, 2.05) is 0 Å². The largest absolute Gasteiger partial charge is 0.481 e. The molecule has 1 aliphatic heterocycles. The Morgan fingerprint density at radius 3 is 2.59 bits per heavy atom. The molecule has 124 valence electrons. The zero-order chi connectivity index (χ0) is 16.1. The number of nitrogens with one attached hydrogen (secondary N) is 1. The lowest BCUT2D eigenvalue weighted by molar-refractivity contribution is -0.150. The minimum absolute atomic E-state index is 0.110. The first-order chi connectivity index (χ1) is 10.5. The molecular weight excluding hydrogens is 288 g/mol. The molecule has 0 aromatic carbocycles. The molecule has 2 rings (SSSR count). The number of carboxylic acids is 1. The predicted octanol–water partition coefficient (Wildman–Crippen LogP) is 0.383. The summed E-state index contributed by atoms with van der Waals surface area (Å²) in [5.41, 5.74) is 0. The molecule has 0 spiro atoms. The van der Waals surface area contributed by atoms with Crippen molar-refractivity contribution >= 4 is 17.8 Å². The Kier molecular flexibility index (Phi) is 5.76. The molecule has 1 saturated heterocycles. The Labute approximate surface area is 130 Å². The molecule has 2 atom stereocenters. The maximum absolute atomic E-state index is 12.8. The molecule has 2 aliphatic rings. The van der Waals surface area contributed by atoms with Crippen LogP contribution in [0.3, 0.4) is 0 Å². The second-order valence-electron chi connectivity index (χ2n) is 6.10. The fourth-order valence-electron chi connectivity index (χ4n) is 3.33. The van der Waals surface area contributed by atoms with Crippen LogP contribution in [-0.2, 0) is 19.1 Å². The van der Waals surface area contributed by atoms with Gasteiger partial charge in [-0.3, -0.25) is 14.4 Å².